The Morgan fingerprint density at radius 2 is 1.84 bits per heavy atom. The number of para-hydroxylation sites is 1. The van der Waals surface area contributed by atoms with E-state index >= 15 is 0 Å². The monoisotopic (exact) mass is 461 g/mol. The second-order valence-electron chi connectivity index (χ2n) is 8.77. The first-order valence-corrected chi connectivity index (χ1v) is 12.4. The van der Waals surface area contributed by atoms with E-state index in [1.165, 1.54) is 30.3 Å². The van der Waals surface area contributed by atoms with Crippen LogP contribution >= 0.6 is 0 Å². The molecule has 1 saturated heterocycles. The van der Waals surface area contributed by atoms with Gasteiger partial charge in [-0.15, -0.1) is 0 Å². The summed E-state index contributed by atoms with van der Waals surface area (Å²) in [6.07, 6.45) is 1.67. The van der Waals surface area contributed by atoms with Gasteiger partial charge in [-0.1, -0.05) is 26.0 Å². The summed E-state index contributed by atoms with van der Waals surface area (Å²) < 4.78 is 54.1. The van der Waals surface area contributed by atoms with Crippen LogP contribution in [0.5, 0.6) is 5.75 Å². The quantitative estimate of drug-likeness (QED) is 0.636. The number of anilines is 1. The number of fused-ring (bicyclic) bond motifs is 1. The molecule has 2 aliphatic rings. The third-order valence-electron chi connectivity index (χ3n) is 5.95. The summed E-state index contributed by atoms with van der Waals surface area (Å²) in [5.41, 5.74) is 0.244. The largest absolute Gasteiger partial charge is 0.489 e. The van der Waals surface area contributed by atoms with E-state index in [1.807, 2.05) is 13.8 Å². The van der Waals surface area contributed by atoms with Gasteiger partial charge in [-0.2, -0.15) is 0 Å². The molecule has 6 nitrogen and oxygen atoms in total. The minimum atomic E-state index is -4.09. The van der Waals surface area contributed by atoms with Gasteiger partial charge in [0.1, 0.15) is 17.7 Å². The van der Waals surface area contributed by atoms with Crippen LogP contribution in [0.1, 0.15) is 43.5 Å². The van der Waals surface area contributed by atoms with Crippen LogP contribution in [0.2, 0.25) is 0 Å². The van der Waals surface area contributed by atoms with E-state index < -0.39 is 15.8 Å². The highest BCUT2D eigenvalue weighted by Crippen LogP contribution is 2.36. The molecule has 2 aromatic rings. The number of ether oxygens (including phenoxy) is 2. The van der Waals surface area contributed by atoms with Crippen LogP contribution in [0.3, 0.4) is 0 Å². The predicted molar refractivity (Wildman–Crippen MR) is 119 cm³/mol. The van der Waals surface area contributed by atoms with E-state index in [-0.39, 0.29) is 52.8 Å². The molecule has 0 N–H and O–H groups in total. The zero-order valence-corrected chi connectivity index (χ0v) is 19.1. The van der Waals surface area contributed by atoms with Gasteiger partial charge in [0.05, 0.1) is 16.1 Å². The average molecular weight is 462 g/mol. The molecule has 0 saturated carbocycles. The van der Waals surface area contributed by atoms with Crippen LogP contribution in [0, 0.1) is 17.7 Å². The number of sulfonamides is 1. The summed E-state index contributed by atoms with van der Waals surface area (Å²) in [6, 6.07) is 10.1. The molecule has 2 heterocycles. The number of rotatable bonds is 6. The van der Waals surface area contributed by atoms with Crippen LogP contribution in [-0.2, 0) is 14.8 Å². The van der Waals surface area contributed by atoms with E-state index in [9.17, 15) is 17.6 Å². The van der Waals surface area contributed by atoms with Crippen molar-refractivity contribution in [2.24, 2.45) is 11.8 Å². The molecule has 4 rings (SSSR count). The number of carbonyl (C=O) groups excluding carboxylic acids is 1. The van der Waals surface area contributed by atoms with Crippen LogP contribution in [-0.4, -0.2) is 40.1 Å². The molecule has 172 valence electrons. The fourth-order valence-corrected chi connectivity index (χ4v) is 5.94. The molecule has 1 fully saturated rings. The first-order valence-electron chi connectivity index (χ1n) is 11.0. The van der Waals surface area contributed by atoms with Crippen molar-refractivity contribution in [3.8, 4) is 5.75 Å². The molecule has 8 heteroatoms. The average Bonchev–Trinajstić information content (AvgIpc) is 2.78. The van der Waals surface area contributed by atoms with Crippen molar-refractivity contribution in [3.63, 3.8) is 0 Å². The SMILES string of the molecule is CC(C)CN(c1ccccc1F)S(=O)(=O)c1ccc2c(c1)C(=O)CC(C1CCOCC1)O2. The molecular weight excluding hydrogens is 433 g/mol. The smallest absolute Gasteiger partial charge is 0.264 e. The number of hydrogen-bond acceptors (Lipinski definition) is 5. The number of halogens is 1. The molecular formula is C24H28FNO5S. The van der Waals surface area contributed by atoms with Crippen molar-refractivity contribution in [2.45, 2.75) is 44.1 Å². The Morgan fingerprint density at radius 1 is 1.12 bits per heavy atom. The van der Waals surface area contributed by atoms with Crippen LogP contribution in [0.4, 0.5) is 10.1 Å². The maximum absolute atomic E-state index is 14.5. The van der Waals surface area contributed by atoms with E-state index in [1.54, 1.807) is 12.1 Å². The minimum absolute atomic E-state index is 0.0129. The third-order valence-corrected chi connectivity index (χ3v) is 7.72. The van der Waals surface area contributed by atoms with Gasteiger partial charge in [-0.25, -0.2) is 12.8 Å². The predicted octanol–water partition coefficient (Wildman–Crippen LogP) is 4.44. The number of hydrogen-bond donors (Lipinski definition) is 0. The number of carbonyl (C=O) groups is 1. The molecule has 32 heavy (non-hydrogen) atoms. The molecule has 2 aromatic carbocycles. The van der Waals surface area contributed by atoms with Crippen LogP contribution in [0.15, 0.2) is 47.4 Å². The van der Waals surface area contributed by atoms with Gasteiger partial charge in [-0.3, -0.25) is 9.10 Å². The molecule has 1 atom stereocenters. The Bertz CT molecular complexity index is 1100. The number of Topliss-reactive ketones (excluding diaryl/α,β-unsaturated/α-hetero) is 1. The fourth-order valence-electron chi connectivity index (χ4n) is 4.28. The molecule has 0 aromatic heterocycles. The molecule has 0 bridgehead atoms. The topological polar surface area (TPSA) is 72.9 Å². The molecule has 1 unspecified atom stereocenters. The lowest BCUT2D eigenvalue weighted by Crippen LogP contribution is -2.37. The van der Waals surface area contributed by atoms with Crippen molar-refractivity contribution in [1.82, 2.24) is 0 Å². The molecule has 0 spiro atoms. The maximum atomic E-state index is 14.5. The van der Waals surface area contributed by atoms with E-state index in [0.717, 1.165) is 17.1 Å². The summed E-state index contributed by atoms with van der Waals surface area (Å²) in [5, 5.41) is 0. The minimum Gasteiger partial charge on any atom is -0.489 e. The van der Waals surface area contributed by atoms with Gasteiger partial charge in [0.2, 0.25) is 0 Å². The summed E-state index contributed by atoms with van der Waals surface area (Å²) >= 11 is 0. The Kier molecular flexibility index (Phi) is 6.53. The van der Waals surface area contributed by atoms with Gasteiger partial charge in [0.25, 0.3) is 10.0 Å². The molecule has 0 aliphatic carbocycles. The Balaban J connectivity index is 1.67. The molecule has 0 radical (unpaired) electrons. The van der Waals surface area contributed by atoms with E-state index in [0.29, 0.717) is 19.0 Å². The summed E-state index contributed by atoms with van der Waals surface area (Å²) in [7, 11) is -4.09. The van der Waals surface area contributed by atoms with Gasteiger partial charge < -0.3 is 9.47 Å². The Labute approximate surface area is 188 Å². The summed E-state index contributed by atoms with van der Waals surface area (Å²) in [6.45, 7) is 5.15. The van der Waals surface area contributed by atoms with Crippen molar-refractivity contribution >= 4 is 21.5 Å². The fraction of sp³-hybridized carbons (Fsp3) is 0.458. The van der Waals surface area contributed by atoms with Crippen molar-refractivity contribution < 1.29 is 27.1 Å². The van der Waals surface area contributed by atoms with Gasteiger partial charge in [0, 0.05) is 32.1 Å². The molecule has 0 amide bonds. The Hall–Kier alpha value is -2.45. The first-order chi connectivity index (χ1) is 15.3. The number of benzene rings is 2. The third kappa shape index (κ3) is 4.52. The zero-order chi connectivity index (χ0) is 22.9. The number of nitrogens with zero attached hydrogens (tertiary/aromatic N) is 1. The zero-order valence-electron chi connectivity index (χ0n) is 18.3. The lowest BCUT2D eigenvalue weighted by Gasteiger charge is -2.34. The highest BCUT2D eigenvalue weighted by Gasteiger charge is 2.35. The second-order valence-corrected chi connectivity index (χ2v) is 10.6. The summed E-state index contributed by atoms with van der Waals surface area (Å²) in [5.74, 6) is -0.147. The van der Waals surface area contributed by atoms with Crippen LogP contribution < -0.4 is 9.04 Å². The van der Waals surface area contributed by atoms with Gasteiger partial charge >= 0.3 is 0 Å². The highest BCUT2D eigenvalue weighted by molar-refractivity contribution is 7.92. The number of ketones is 1. The van der Waals surface area contributed by atoms with Gasteiger partial charge in [0.15, 0.2) is 5.78 Å². The van der Waals surface area contributed by atoms with Crippen molar-refractivity contribution in [1.29, 1.82) is 0 Å². The normalized spacial score (nSPS) is 19.5. The highest BCUT2D eigenvalue weighted by atomic mass is 32.2. The standard InChI is InChI=1S/C24H28FNO5S/c1-16(2)15-26(21-6-4-3-5-20(21)25)32(28,29)18-7-8-23-19(13-18)22(27)14-24(31-23)17-9-11-30-12-10-17/h3-8,13,16-17,24H,9-12,14-15H2,1-2H3. The summed E-state index contributed by atoms with van der Waals surface area (Å²) in [4.78, 5) is 12.9. The van der Waals surface area contributed by atoms with Crippen LogP contribution in [0.25, 0.3) is 0 Å². The lowest BCUT2D eigenvalue weighted by molar-refractivity contribution is 0.0119. The van der Waals surface area contributed by atoms with E-state index in [4.69, 9.17) is 9.47 Å². The van der Waals surface area contributed by atoms with Crippen molar-refractivity contribution in [2.75, 3.05) is 24.1 Å². The lowest BCUT2D eigenvalue weighted by atomic mass is 9.87. The Morgan fingerprint density at radius 3 is 2.53 bits per heavy atom. The van der Waals surface area contributed by atoms with Crippen molar-refractivity contribution in [3.05, 3.63) is 53.8 Å². The first kappa shape index (κ1) is 22.7. The maximum Gasteiger partial charge on any atom is 0.264 e. The van der Waals surface area contributed by atoms with E-state index in [2.05, 4.69) is 0 Å². The van der Waals surface area contributed by atoms with Gasteiger partial charge in [-0.05, 0) is 49.1 Å². The second kappa shape index (κ2) is 9.19. The molecule has 2 aliphatic heterocycles.